The average Bonchev–Trinajstić information content (AvgIpc) is 2.18. The second kappa shape index (κ2) is 3.74. The Balaban J connectivity index is 2.57. The summed E-state index contributed by atoms with van der Waals surface area (Å²) in [5, 5.41) is 8.93. The van der Waals surface area contributed by atoms with Crippen molar-refractivity contribution < 1.29 is 19.0 Å². The lowest BCUT2D eigenvalue weighted by Gasteiger charge is -2.20. The Morgan fingerprint density at radius 1 is 1.43 bits per heavy atom. The van der Waals surface area contributed by atoms with Gasteiger partial charge in [-0.1, -0.05) is 0 Å². The van der Waals surface area contributed by atoms with Crippen LogP contribution in [-0.2, 0) is 6.61 Å². The molecule has 1 aromatic carbocycles. The smallest absolute Gasteiger partial charge is 0.176 e. The molecule has 3 nitrogen and oxygen atoms in total. The first-order valence-corrected chi connectivity index (χ1v) is 4.90. The van der Waals surface area contributed by atoms with Crippen molar-refractivity contribution in [2.24, 2.45) is 0 Å². The normalized spacial score (nSPS) is 14.2. The second-order valence-electron chi connectivity index (χ2n) is 2.83. The Kier molecular flexibility index (Phi) is 2.60. The van der Waals surface area contributed by atoms with Gasteiger partial charge in [0, 0.05) is 11.6 Å². The number of hydrogen-bond donors (Lipinski definition) is 1. The van der Waals surface area contributed by atoms with Gasteiger partial charge in [-0.25, -0.2) is 4.39 Å². The number of ether oxygens (including phenoxy) is 2. The summed E-state index contributed by atoms with van der Waals surface area (Å²) in [4.78, 5) is 0. The van der Waals surface area contributed by atoms with Gasteiger partial charge in [-0.15, -0.1) is 0 Å². The van der Waals surface area contributed by atoms with Crippen LogP contribution in [0.2, 0.25) is 0 Å². The number of aliphatic hydroxyl groups is 1. The first-order valence-electron chi connectivity index (χ1n) is 4.11. The van der Waals surface area contributed by atoms with E-state index < -0.39 is 5.82 Å². The first kappa shape index (κ1) is 9.73. The van der Waals surface area contributed by atoms with E-state index in [-0.39, 0.29) is 12.2 Å². The van der Waals surface area contributed by atoms with E-state index in [9.17, 15) is 4.39 Å². The quantitative estimate of drug-likeness (QED) is 0.840. The molecule has 1 aliphatic heterocycles. The van der Waals surface area contributed by atoms with Gasteiger partial charge in [-0.3, -0.25) is 0 Å². The third kappa shape index (κ3) is 1.46. The lowest BCUT2D eigenvalue weighted by molar-refractivity contribution is 0.168. The molecule has 0 bridgehead atoms. The molecule has 0 aliphatic carbocycles. The largest absolute Gasteiger partial charge is 0.486 e. The van der Waals surface area contributed by atoms with E-state index in [1.807, 2.05) is 0 Å². The molecule has 1 N–H and O–H groups in total. The Labute approximate surface area is 88.6 Å². The highest BCUT2D eigenvalue weighted by Crippen LogP contribution is 2.40. The van der Waals surface area contributed by atoms with Crippen LogP contribution in [0.4, 0.5) is 4.39 Å². The molecule has 0 amide bonds. The van der Waals surface area contributed by atoms with Gasteiger partial charge in [0.1, 0.15) is 19.0 Å². The van der Waals surface area contributed by atoms with Crippen LogP contribution < -0.4 is 9.47 Å². The van der Waals surface area contributed by atoms with Crippen molar-refractivity contribution >= 4 is 15.9 Å². The third-order valence-corrected chi connectivity index (χ3v) is 2.82. The molecule has 1 aromatic rings. The number of aliphatic hydroxyl groups excluding tert-OH is 1. The Bertz CT molecular complexity index is 368. The van der Waals surface area contributed by atoms with Gasteiger partial charge in [-0.2, -0.15) is 0 Å². The van der Waals surface area contributed by atoms with Crippen LogP contribution in [0.1, 0.15) is 5.56 Å². The van der Waals surface area contributed by atoms with Gasteiger partial charge in [0.25, 0.3) is 0 Å². The van der Waals surface area contributed by atoms with E-state index in [0.717, 1.165) is 0 Å². The maximum atomic E-state index is 13.3. The highest BCUT2D eigenvalue weighted by molar-refractivity contribution is 9.10. The first-order chi connectivity index (χ1) is 6.74. The van der Waals surface area contributed by atoms with Crippen molar-refractivity contribution in [2.45, 2.75) is 6.61 Å². The zero-order valence-corrected chi connectivity index (χ0v) is 8.80. The summed E-state index contributed by atoms with van der Waals surface area (Å²) in [6.45, 7) is 0.475. The summed E-state index contributed by atoms with van der Waals surface area (Å²) in [6.07, 6.45) is 0. The SMILES string of the molecule is OCc1c(F)cc2c(c1Br)OCCO2. The molecule has 0 unspecified atom stereocenters. The number of benzene rings is 1. The Hall–Kier alpha value is -0.810. The van der Waals surface area contributed by atoms with E-state index in [2.05, 4.69) is 15.9 Å². The molecule has 14 heavy (non-hydrogen) atoms. The van der Waals surface area contributed by atoms with E-state index in [1.54, 1.807) is 0 Å². The van der Waals surface area contributed by atoms with Gasteiger partial charge in [0.15, 0.2) is 11.5 Å². The van der Waals surface area contributed by atoms with Crippen molar-refractivity contribution in [1.29, 1.82) is 0 Å². The lowest BCUT2D eigenvalue weighted by Crippen LogP contribution is -2.16. The maximum absolute atomic E-state index is 13.3. The summed E-state index contributed by atoms with van der Waals surface area (Å²) in [7, 11) is 0. The highest BCUT2D eigenvalue weighted by Gasteiger charge is 2.20. The summed E-state index contributed by atoms with van der Waals surface area (Å²) >= 11 is 3.17. The molecule has 1 heterocycles. The third-order valence-electron chi connectivity index (χ3n) is 1.98. The van der Waals surface area contributed by atoms with Gasteiger partial charge in [-0.05, 0) is 15.9 Å². The molecule has 0 aromatic heterocycles. The minimum Gasteiger partial charge on any atom is -0.486 e. The zero-order valence-electron chi connectivity index (χ0n) is 7.22. The van der Waals surface area contributed by atoms with Crippen LogP contribution in [0.25, 0.3) is 0 Å². The van der Waals surface area contributed by atoms with E-state index in [1.165, 1.54) is 6.07 Å². The minimum absolute atomic E-state index is 0.189. The van der Waals surface area contributed by atoms with Gasteiger partial charge < -0.3 is 14.6 Å². The number of hydrogen-bond acceptors (Lipinski definition) is 3. The van der Waals surface area contributed by atoms with Gasteiger partial charge >= 0.3 is 0 Å². The topological polar surface area (TPSA) is 38.7 Å². The van der Waals surface area contributed by atoms with Crippen LogP contribution in [0, 0.1) is 5.82 Å². The molecule has 0 fully saturated rings. The summed E-state index contributed by atoms with van der Waals surface area (Å²) in [5.41, 5.74) is 0.189. The van der Waals surface area contributed by atoms with Crippen molar-refractivity contribution in [1.82, 2.24) is 0 Å². The Morgan fingerprint density at radius 2 is 2.14 bits per heavy atom. The van der Waals surface area contributed by atoms with Crippen LogP contribution in [0.5, 0.6) is 11.5 Å². The van der Waals surface area contributed by atoms with Crippen molar-refractivity contribution in [3.8, 4) is 11.5 Å². The van der Waals surface area contributed by atoms with Crippen molar-refractivity contribution in [2.75, 3.05) is 13.2 Å². The van der Waals surface area contributed by atoms with E-state index >= 15 is 0 Å². The molecule has 76 valence electrons. The molecule has 0 saturated heterocycles. The van der Waals surface area contributed by atoms with E-state index in [4.69, 9.17) is 14.6 Å². The lowest BCUT2D eigenvalue weighted by atomic mass is 10.2. The molecule has 5 heteroatoms. The number of rotatable bonds is 1. The molecule has 0 spiro atoms. The summed E-state index contributed by atoms with van der Waals surface area (Å²) in [5.74, 6) is 0.336. The predicted molar refractivity (Wildman–Crippen MR) is 51.0 cm³/mol. The monoisotopic (exact) mass is 262 g/mol. The van der Waals surface area contributed by atoms with Crippen LogP contribution in [-0.4, -0.2) is 18.3 Å². The average molecular weight is 263 g/mol. The van der Waals surface area contributed by atoms with E-state index in [0.29, 0.717) is 29.2 Å². The fourth-order valence-electron chi connectivity index (χ4n) is 1.30. The van der Waals surface area contributed by atoms with Crippen LogP contribution in [0.15, 0.2) is 10.5 Å². The van der Waals surface area contributed by atoms with Gasteiger partial charge in [0.2, 0.25) is 0 Å². The second-order valence-corrected chi connectivity index (χ2v) is 3.63. The number of fused-ring (bicyclic) bond motifs is 1. The molecule has 1 aliphatic rings. The molecule has 0 saturated carbocycles. The summed E-state index contributed by atoms with van der Waals surface area (Å²) < 4.78 is 24.2. The van der Waals surface area contributed by atoms with Crippen molar-refractivity contribution in [3.05, 3.63) is 21.9 Å². The predicted octanol–water partition coefficient (Wildman–Crippen LogP) is 1.85. The van der Waals surface area contributed by atoms with Crippen molar-refractivity contribution in [3.63, 3.8) is 0 Å². The van der Waals surface area contributed by atoms with Crippen LogP contribution >= 0.6 is 15.9 Å². The summed E-state index contributed by atoms with van der Waals surface area (Å²) in [6, 6.07) is 1.23. The fraction of sp³-hybridized carbons (Fsp3) is 0.333. The molecule has 2 rings (SSSR count). The molecular weight excluding hydrogens is 255 g/mol. The maximum Gasteiger partial charge on any atom is 0.176 e. The Morgan fingerprint density at radius 3 is 2.86 bits per heavy atom. The molecular formula is C9H8BrFO3. The standard InChI is InChI=1S/C9H8BrFO3/c10-8-5(4-12)6(11)3-7-9(8)14-2-1-13-7/h3,12H,1-2,4H2. The highest BCUT2D eigenvalue weighted by atomic mass is 79.9. The molecule has 0 radical (unpaired) electrons. The zero-order chi connectivity index (χ0) is 10.1. The van der Waals surface area contributed by atoms with Crippen LogP contribution in [0.3, 0.4) is 0 Å². The molecule has 0 atom stereocenters. The minimum atomic E-state index is -0.497. The van der Waals surface area contributed by atoms with Gasteiger partial charge in [0.05, 0.1) is 11.1 Å². The fourth-order valence-corrected chi connectivity index (χ4v) is 1.92. The number of halogens is 2.